The van der Waals surface area contributed by atoms with E-state index in [0.29, 0.717) is 22.9 Å². The highest BCUT2D eigenvalue weighted by Gasteiger charge is 2.56. The number of nitrogens with zero attached hydrogens (tertiary/aromatic N) is 6. The maximum absolute atomic E-state index is 14.6. The van der Waals surface area contributed by atoms with Crippen molar-refractivity contribution < 1.29 is 4.39 Å². The van der Waals surface area contributed by atoms with Crippen molar-refractivity contribution in [2.24, 2.45) is 17.9 Å². The van der Waals surface area contributed by atoms with Crippen LogP contribution in [0.4, 0.5) is 9.52 Å². The van der Waals surface area contributed by atoms with E-state index in [1.54, 1.807) is 35.5 Å². The molecule has 7 nitrogen and oxygen atoms in total. The smallest absolute Gasteiger partial charge is 0.188 e. The van der Waals surface area contributed by atoms with Crippen LogP contribution in [0.1, 0.15) is 26.7 Å². The van der Waals surface area contributed by atoms with Crippen molar-refractivity contribution in [3.8, 4) is 11.4 Å². The standard InChI is InChI=1S/C23H26FN7S/c1-22-5-6-23(2,12-25-11-22)20(22)31(4)21-27-16-9-26-18(28-19(16)32-21)13-7-14-10-30(3)29-17(14)15(24)8-13/h7-10,20,25H,5-6,11-12H2,1-4H3/t20?,22-,23?/m1/s1. The first-order valence-corrected chi connectivity index (χ1v) is 11.8. The van der Waals surface area contributed by atoms with Crippen LogP contribution in [0, 0.1) is 16.6 Å². The number of anilines is 1. The van der Waals surface area contributed by atoms with E-state index >= 15 is 0 Å². The van der Waals surface area contributed by atoms with E-state index in [4.69, 9.17) is 9.97 Å². The molecule has 9 heteroatoms. The molecule has 1 N–H and O–H groups in total. The number of hydrogen-bond acceptors (Lipinski definition) is 7. The number of nitrogens with one attached hydrogen (secondary N) is 1. The van der Waals surface area contributed by atoms with Gasteiger partial charge >= 0.3 is 0 Å². The fraction of sp³-hybridized carbons (Fsp3) is 0.478. The second-order valence-corrected chi connectivity index (χ2v) is 11.0. The zero-order chi connectivity index (χ0) is 22.3. The largest absolute Gasteiger partial charge is 0.347 e. The van der Waals surface area contributed by atoms with Gasteiger partial charge < -0.3 is 10.2 Å². The van der Waals surface area contributed by atoms with Gasteiger partial charge in [-0.2, -0.15) is 5.10 Å². The maximum Gasteiger partial charge on any atom is 0.188 e. The highest BCUT2D eigenvalue weighted by molar-refractivity contribution is 7.21. The van der Waals surface area contributed by atoms with Crippen LogP contribution in [0.5, 0.6) is 0 Å². The number of aryl methyl sites for hydroxylation is 1. The molecule has 0 amide bonds. The number of fused-ring (bicyclic) bond motifs is 4. The number of aromatic nitrogens is 5. The summed E-state index contributed by atoms with van der Waals surface area (Å²) in [6.07, 6.45) is 6.00. The highest BCUT2D eigenvalue weighted by Crippen LogP contribution is 2.54. The van der Waals surface area contributed by atoms with Crippen molar-refractivity contribution in [3.63, 3.8) is 0 Å². The van der Waals surface area contributed by atoms with Crippen molar-refractivity contribution in [3.05, 3.63) is 30.3 Å². The van der Waals surface area contributed by atoms with Crippen LogP contribution in [0.25, 0.3) is 32.6 Å². The van der Waals surface area contributed by atoms with E-state index in [1.807, 2.05) is 6.07 Å². The minimum atomic E-state index is -0.366. The molecule has 2 aliphatic rings. The Balaban J connectivity index is 1.38. The van der Waals surface area contributed by atoms with Crippen molar-refractivity contribution in [1.82, 2.24) is 30.0 Å². The Hall–Kier alpha value is -2.65. The normalized spacial score (nSPS) is 27.5. The number of halogens is 1. The first-order chi connectivity index (χ1) is 15.3. The van der Waals surface area contributed by atoms with Crippen LogP contribution in [-0.4, -0.2) is 50.9 Å². The summed E-state index contributed by atoms with van der Waals surface area (Å²) < 4.78 is 16.2. The molecule has 0 spiro atoms. The van der Waals surface area contributed by atoms with Gasteiger partial charge in [0.05, 0.1) is 6.20 Å². The topological polar surface area (TPSA) is 71.8 Å². The number of piperidine rings is 1. The number of thiazole rings is 1. The first kappa shape index (κ1) is 20.0. The van der Waals surface area contributed by atoms with Gasteiger partial charge in [0.2, 0.25) is 0 Å². The molecule has 2 fully saturated rings. The molecular weight excluding hydrogens is 425 g/mol. The molecule has 4 heterocycles. The van der Waals surface area contributed by atoms with Gasteiger partial charge in [0.15, 0.2) is 16.8 Å². The van der Waals surface area contributed by atoms with Crippen LogP contribution in [0.2, 0.25) is 0 Å². The summed E-state index contributed by atoms with van der Waals surface area (Å²) in [5, 5.41) is 9.51. The van der Waals surface area contributed by atoms with Gasteiger partial charge in [0.25, 0.3) is 0 Å². The second-order valence-electron chi connectivity index (χ2n) is 10.0. The average Bonchev–Trinajstić information content (AvgIpc) is 3.38. The van der Waals surface area contributed by atoms with Crippen molar-refractivity contribution in [2.45, 2.75) is 32.7 Å². The SMILES string of the molecule is CN(c1nc2cnc(-c3cc(F)c4nn(C)cc4c3)nc2s1)C1C2(C)CC[C@]1(C)CNC2. The van der Waals surface area contributed by atoms with E-state index < -0.39 is 0 Å². The summed E-state index contributed by atoms with van der Waals surface area (Å²) in [5.41, 5.74) is 2.24. The Morgan fingerprint density at radius 3 is 2.69 bits per heavy atom. The van der Waals surface area contributed by atoms with E-state index in [1.165, 1.54) is 18.9 Å². The van der Waals surface area contributed by atoms with Crippen molar-refractivity contribution >= 4 is 37.7 Å². The lowest BCUT2D eigenvalue weighted by atomic mass is 9.72. The molecule has 1 aliphatic heterocycles. The molecule has 32 heavy (non-hydrogen) atoms. The Labute approximate surface area is 189 Å². The lowest BCUT2D eigenvalue weighted by molar-refractivity contribution is 0.143. The Morgan fingerprint density at radius 2 is 1.94 bits per heavy atom. The third kappa shape index (κ3) is 2.87. The molecule has 3 aromatic heterocycles. The highest BCUT2D eigenvalue weighted by atomic mass is 32.1. The van der Waals surface area contributed by atoms with Gasteiger partial charge in [-0.1, -0.05) is 25.2 Å². The fourth-order valence-corrected chi connectivity index (χ4v) is 6.99. The third-order valence-corrected chi connectivity index (χ3v) is 8.46. The monoisotopic (exact) mass is 451 g/mol. The van der Waals surface area contributed by atoms with Crippen LogP contribution in [-0.2, 0) is 7.05 Å². The van der Waals surface area contributed by atoms with Crippen LogP contribution in [0.15, 0.2) is 24.5 Å². The Bertz CT molecular complexity index is 1350. The van der Waals surface area contributed by atoms with Crippen molar-refractivity contribution in [2.75, 3.05) is 25.0 Å². The molecule has 6 rings (SSSR count). The molecule has 2 bridgehead atoms. The van der Waals surface area contributed by atoms with Crippen molar-refractivity contribution in [1.29, 1.82) is 0 Å². The quantitative estimate of drug-likeness (QED) is 0.508. The predicted molar refractivity (Wildman–Crippen MR) is 125 cm³/mol. The summed E-state index contributed by atoms with van der Waals surface area (Å²) in [7, 11) is 3.95. The van der Waals surface area contributed by atoms with E-state index in [-0.39, 0.29) is 16.6 Å². The summed E-state index contributed by atoms with van der Waals surface area (Å²) in [6.45, 7) is 6.85. The summed E-state index contributed by atoms with van der Waals surface area (Å²) in [6, 6.07) is 3.76. The summed E-state index contributed by atoms with van der Waals surface area (Å²) in [4.78, 5) is 17.3. The van der Waals surface area contributed by atoms with Crippen LogP contribution in [0.3, 0.4) is 0 Å². The Morgan fingerprint density at radius 1 is 1.19 bits per heavy atom. The molecule has 1 aliphatic carbocycles. The molecule has 166 valence electrons. The fourth-order valence-electron chi connectivity index (χ4n) is 6.09. The van der Waals surface area contributed by atoms with Gasteiger partial charge in [0, 0.05) is 61.2 Å². The lowest BCUT2D eigenvalue weighted by Crippen LogP contribution is -2.60. The van der Waals surface area contributed by atoms with Gasteiger partial charge in [-0.3, -0.25) is 4.68 Å². The van der Waals surface area contributed by atoms with E-state index in [9.17, 15) is 4.39 Å². The third-order valence-electron chi connectivity index (χ3n) is 7.41. The lowest BCUT2D eigenvalue weighted by Gasteiger charge is -2.49. The molecule has 1 saturated carbocycles. The van der Waals surface area contributed by atoms with Gasteiger partial charge in [-0.25, -0.2) is 19.3 Å². The average molecular weight is 452 g/mol. The molecule has 1 aromatic carbocycles. The zero-order valence-corrected chi connectivity index (χ0v) is 19.5. The van der Waals surface area contributed by atoms with Crippen LogP contribution < -0.4 is 10.2 Å². The molecular formula is C23H26FN7S. The Kier molecular flexibility index (Phi) is 4.17. The second kappa shape index (κ2) is 6.68. The van der Waals surface area contributed by atoms with Gasteiger partial charge in [-0.05, 0) is 25.0 Å². The number of benzene rings is 1. The molecule has 3 atom stereocenters. The minimum absolute atomic E-state index is 0.229. The van der Waals surface area contributed by atoms with Crippen LogP contribution >= 0.6 is 11.3 Å². The summed E-state index contributed by atoms with van der Waals surface area (Å²) in [5.74, 6) is 0.135. The number of hydrogen-bond donors (Lipinski definition) is 1. The zero-order valence-electron chi connectivity index (χ0n) is 18.7. The maximum atomic E-state index is 14.6. The van der Waals surface area contributed by atoms with E-state index in [0.717, 1.165) is 34.0 Å². The van der Waals surface area contributed by atoms with E-state index in [2.05, 4.69) is 41.2 Å². The van der Waals surface area contributed by atoms with Gasteiger partial charge in [-0.15, -0.1) is 0 Å². The molecule has 2 unspecified atom stereocenters. The predicted octanol–water partition coefficient (Wildman–Crippen LogP) is 3.99. The summed E-state index contributed by atoms with van der Waals surface area (Å²) >= 11 is 1.58. The first-order valence-electron chi connectivity index (χ1n) is 11.0. The molecule has 1 saturated heterocycles. The molecule has 0 radical (unpaired) electrons. The van der Waals surface area contributed by atoms with Gasteiger partial charge in [0.1, 0.15) is 15.9 Å². The number of rotatable bonds is 3. The minimum Gasteiger partial charge on any atom is -0.347 e. The molecule has 4 aromatic rings.